The molecule has 56 valence electrons. The first-order valence-corrected chi connectivity index (χ1v) is 4.82. The zero-order valence-electron chi connectivity index (χ0n) is 5.14. The molecular weight excluding hydrogens is 264 g/mol. The summed E-state index contributed by atoms with van der Waals surface area (Å²) in [6.07, 6.45) is 1.50. The SMILES string of the molecule is O=C1C(=O)C(Br)CCC1Br. The molecule has 2 unspecified atom stereocenters. The van der Waals surface area contributed by atoms with Crippen molar-refractivity contribution in [2.75, 3.05) is 0 Å². The molecule has 0 spiro atoms. The molecule has 1 rings (SSSR count). The number of Topliss-reactive ketones (excluding diaryl/α,β-unsaturated/α-hetero) is 2. The van der Waals surface area contributed by atoms with Gasteiger partial charge in [-0.15, -0.1) is 0 Å². The lowest BCUT2D eigenvalue weighted by molar-refractivity contribution is -0.137. The van der Waals surface area contributed by atoms with E-state index >= 15 is 0 Å². The van der Waals surface area contributed by atoms with Gasteiger partial charge in [-0.1, -0.05) is 31.9 Å². The minimum absolute atomic E-state index is 0.242. The Bertz CT molecular complexity index is 159. The van der Waals surface area contributed by atoms with Crippen LogP contribution in [0.2, 0.25) is 0 Å². The van der Waals surface area contributed by atoms with Crippen molar-refractivity contribution in [1.29, 1.82) is 0 Å². The number of ketones is 2. The number of carbonyl (C=O) groups excluding carboxylic acids is 2. The summed E-state index contributed by atoms with van der Waals surface area (Å²) < 4.78 is 0. The Morgan fingerprint density at radius 1 is 1.00 bits per heavy atom. The van der Waals surface area contributed by atoms with Crippen LogP contribution in [0.15, 0.2) is 0 Å². The molecule has 0 N–H and O–H groups in total. The van der Waals surface area contributed by atoms with Gasteiger partial charge in [0, 0.05) is 0 Å². The Morgan fingerprint density at radius 3 is 1.60 bits per heavy atom. The second kappa shape index (κ2) is 3.13. The number of hydrogen-bond acceptors (Lipinski definition) is 2. The summed E-state index contributed by atoms with van der Waals surface area (Å²) in [5.74, 6) is -0.596. The van der Waals surface area contributed by atoms with Gasteiger partial charge < -0.3 is 0 Å². The van der Waals surface area contributed by atoms with E-state index in [0.717, 1.165) is 12.8 Å². The summed E-state index contributed by atoms with van der Waals surface area (Å²) in [5.41, 5.74) is 0. The third kappa shape index (κ3) is 1.48. The van der Waals surface area contributed by atoms with E-state index in [1.54, 1.807) is 0 Å². The first-order chi connectivity index (χ1) is 4.63. The Morgan fingerprint density at radius 2 is 1.30 bits per heavy atom. The summed E-state index contributed by atoms with van der Waals surface area (Å²) in [5, 5.41) is 0. The highest BCUT2D eigenvalue weighted by Gasteiger charge is 2.33. The second-order valence-electron chi connectivity index (χ2n) is 2.24. The monoisotopic (exact) mass is 268 g/mol. The molecule has 4 heteroatoms. The highest BCUT2D eigenvalue weighted by atomic mass is 79.9. The lowest BCUT2D eigenvalue weighted by Crippen LogP contribution is -2.36. The van der Waals surface area contributed by atoms with Gasteiger partial charge in [0.25, 0.3) is 0 Å². The molecule has 1 saturated carbocycles. The van der Waals surface area contributed by atoms with Gasteiger partial charge in [-0.25, -0.2) is 0 Å². The Kier molecular flexibility index (Phi) is 2.63. The van der Waals surface area contributed by atoms with E-state index in [4.69, 9.17) is 0 Å². The molecule has 1 fully saturated rings. The lowest BCUT2D eigenvalue weighted by Gasteiger charge is -2.17. The van der Waals surface area contributed by atoms with E-state index in [1.165, 1.54) is 0 Å². The van der Waals surface area contributed by atoms with E-state index < -0.39 is 0 Å². The van der Waals surface area contributed by atoms with Crippen LogP contribution < -0.4 is 0 Å². The van der Waals surface area contributed by atoms with Crippen molar-refractivity contribution in [1.82, 2.24) is 0 Å². The van der Waals surface area contributed by atoms with Gasteiger partial charge in [0.05, 0.1) is 9.65 Å². The van der Waals surface area contributed by atoms with Crippen molar-refractivity contribution in [3.63, 3.8) is 0 Å². The minimum atomic E-state index is -0.298. The second-order valence-corrected chi connectivity index (χ2v) is 4.45. The average Bonchev–Trinajstić information content (AvgIpc) is 1.93. The number of alkyl halides is 2. The van der Waals surface area contributed by atoms with Crippen LogP contribution in [0.4, 0.5) is 0 Å². The fraction of sp³-hybridized carbons (Fsp3) is 0.667. The zero-order valence-corrected chi connectivity index (χ0v) is 8.31. The minimum Gasteiger partial charge on any atom is -0.290 e. The first-order valence-electron chi connectivity index (χ1n) is 2.99. The maximum Gasteiger partial charge on any atom is 0.213 e. The molecule has 2 atom stereocenters. The molecule has 0 saturated heterocycles. The Labute approximate surface area is 75.6 Å². The van der Waals surface area contributed by atoms with Gasteiger partial charge in [0.2, 0.25) is 11.6 Å². The molecule has 1 aliphatic carbocycles. The van der Waals surface area contributed by atoms with Gasteiger partial charge in [0.15, 0.2) is 0 Å². The van der Waals surface area contributed by atoms with E-state index in [-0.39, 0.29) is 21.2 Å². The summed E-state index contributed by atoms with van der Waals surface area (Å²) in [4.78, 5) is 21.3. The Hall–Kier alpha value is 0.300. The van der Waals surface area contributed by atoms with Crippen LogP contribution in [0.5, 0.6) is 0 Å². The molecule has 0 bridgehead atoms. The van der Waals surface area contributed by atoms with Crippen molar-refractivity contribution in [3.05, 3.63) is 0 Å². The van der Waals surface area contributed by atoms with Gasteiger partial charge in [0.1, 0.15) is 0 Å². The molecule has 0 aromatic heterocycles. The van der Waals surface area contributed by atoms with Gasteiger partial charge in [-0.3, -0.25) is 9.59 Å². The summed E-state index contributed by atoms with van der Waals surface area (Å²) >= 11 is 6.26. The van der Waals surface area contributed by atoms with Crippen LogP contribution in [-0.2, 0) is 9.59 Å². The van der Waals surface area contributed by atoms with Gasteiger partial charge in [-0.05, 0) is 12.8 Å². The molecule has 0 heterocycles. The maximum absolute atomic E-state index is 10.9. The first kappa shape index (κ1) is 8.40. The number of halogens is 2. The van der Waals surface area contributed by atoms with Crippen molar-refractivity contribution < 1.29 is 9.59 Å². The summed E-state index contributed by atoms with van der Waals surface area (Å²) in [7, 11) is 0. The molecular formula is C6H6Br2O2. The topological polar surface area (TPSA) is 34.1 Å². The molecule has 10 heavy (non-hydrogen) atoms. The molecule has 0 amide bonds. The fourth-order valence-corrected chi connectivity index (χ4v) is 1.84. The standard InChI is InChI=1S/C6H6Br2O2/c7-3-1-2-4(8)6(10)5(3)9/h3-4H,1-2H2. The molecule has 1 aliphatic rings. The highest BCUT2D eigenvalue weighted by Crippen LogP contribution is 2.23. The third-order valence-electron chi connectivity index (χ3n) is 1.49. The number of hydrogen-bond donors (Lipinski definition) is 0. The van der Waals surface area contributed by atoms with Gasteiger partial charge in [-0.2, -0.15) is 0 Å². The third-order valence-corrected chi connectivity index (χ3v) is 3.23. The normalized spacial score (nSPS) is 34.6. The zero-order chi connectivity index (χ0) is 7.72. The average molecular weight is 270 g/mol. The van der Waals surface area contributed by atoms with Crippen molar-refractivity contribution in [2.24, 2.45) is 0 Å². The van der Waals surface area contributed by atoms with Crippen LogP contribution in [-0.4, -0.2) is 21.2 Å². The molecule has 0 aliphatic heterocycles. The molecule has 0 radical (unpaired) electrons. The van der Waals surface area contributed by atoms with E-state index in [9.17, 15) is 9.59 Å². The highest BCUT2D eigenvalue weighted by molar-refractivity contribution is 9.10. The largest absolute Gasteiger partial charge is 0.290 e. The smallest absolute Gasteiger partial charge is 0.213 e. The quantitative estimate of drug-likeness (QED) is 0.493. The van der Waals surface area contributed by atoms with Crippen LogP contribution in [0.3, 0.4) is 0 Å². The lowest BCUT2D eigenvalue weighted by atomic mass is 9.98. The maximum atomic E-state index is 10.9. The van der Waals surface area contributed by atoms with E-state index in [1.807, 2.05) is 0 Å². The molecule has 0 aromatic rings. The predicted molar refractivity (Wildman–Crippen MR) is 44.7 cm³/mol. The summed E-state index contributed by atoms with van der Waals surface area (Å²) in [6, 6.07) is 0. The van der Waals surface area contributed by atoms with Gasteiger partial charge >= 0.3 is 0 Å². The van der Waals surface area contributed by atoms with Crippen molar-refractivity contribution in [2.45, 2.75) is 22.5 Å². The predicted octanol–water partition coefficient (Wildman–Crippen LogP) is 1.45. The van der Waals surface area contributed by atoms with Crippen molar-refractivity contribution in [3.8, 4) is 0 Å². The summed E-state index contributed by atoms with van der Waals surface area (Å²) in [6.45, 7) is 0. The van der Waals surface area contributed by atoms with E-state index in [2.05, 4.69) is 31.9 Å². The van der Waals surface area contributed by atoms with Crippen LogP contribution in [0.1, 0.15) is 12.8 Å². The van der Waals surface area contributed by atoms with Crippen molar-refractivity contribution >= 4 is 43.4 Å². The van der Waals surface area contributed by atoms with Crippen LogP contribution in [0, 0.1) is 0 Å². The number of carbonyl (C=O) groups is 2. The molecule has 0 aromatic carbocycles. The van der Waals surface area contributed by atoms with E-state index in [0.29, 0.717) is 0 Å². The van der Waals surface area contributed by atoms with Crippen LogP contribution in [0.25, 0.3) is 0 Å². The number of rotatable bonds is 0. The Balaban J connectivity index is 2.70. The fourth-order valence-electron chi connectivity index (χ4n) is 0.864. The van der Waals surface area contributed by atoms with Crippen LogP contribution >= 0.6 is 31.9 Å². The molecule has 2 nitrogen and oxygen atoms in total.